The number of benzene rings is 2. The number of sulfonamides is 1. The Kier molecular flexibility index (Phi) is 4.14. The molecule has 1 aliphatic heterocycles. The second-order valence-electron chi connectivity index (χ2n) is 7.05. The largest absolute Gasteiger partial charge is 0.345 e. The van der Waals surface area contributed by atoms with Crippen LogP contribution in [0.3, 0.4) is 0 Å². The van der Waals surface area contributed by atoms with Gasteiger partial charge in [-0.15, -0.1) is 17.3 Å². The van der Waals surface area contributed by atoms with Crippen LogP contribution in [0.2, 0.25) is 0 Å². The maximum Gasteiger partial charge on any atom is 0.239 e. The lowest BCUT2D eigenvalue weighted by Gasteiger charge is -2.40. The van der Waals surface area contributed by atoms with Crippen molar-refractivity contribution >= 4 is 47.5 Å². The van der Waals surface area contributed by atoms with Gasteiger partial charge in [0.1, 0.15) is 5.82 Å². The summed E-state index contributed by atoms with van der Waals surface area (Å²) in [7, 11) is -2.40. The van der Waals surface area contributed by atoms with Gasteiger partial charge in [0.25, 0.3) is 0 Å². The zero-order valence-corrected chi connectivity index (χ0v) is 17.2. The average Bonchev–Trinajstić information content (AvgIpc) is 2.95. The Morgan fingerprint density at radius 3 is 2.64 bits per heavy atom. The van der Waals surface area contributed by atoms with Crippen LogP contribution in [0.25, 0.3) is 20.2 Å². The SMILES string of the molecule is CC#Cc1ccc2sc3cc(F)c([C@]4(C)CS(=O)(=O)N(C)C(=N)N4)cc3c2c1. The number of hydrogen-bond donors (Lipinski definition) is 2. The van der Waals surface area contributed by atoms with Gasteiger partial charge in [0, 0.05) is 38.3 Å². The molecule has 2 N–H and O–H groups in total. The standard InChI is InChI=1S/C20H18FN3O2S2/c1-4-5-12-6-7-17-13(8-12)14-9-15(16(21)10-18(14)27-17)20(2)11-28(25,26)24(3)19(22)23-20/h6-10H,11H2,1-3H3,(H2,22,23)/t20-/m0/s1. The fourth-order valence-corrected chi connectivity index (χ4v) is 6.13. The van der Waals surface area contributed by atoms with E-state index in [2.05, 4.69) is 17.2 Å². The zero-order valence-electron chi connectivity index (χ0n) is 15.6. The Morgan fingerprint density at radius 2 is 1.96 bits per heavy atom. The predicted molar refractivity (Wildman–Crippen MR) is 112 cm³/mol. The lowest BCUT2D eigenvalue weighted by Crippen LogP contribution is -2.61. The molecule has 8 heteroatoms. The van der Waals surface area contributed by atoms with Gasteiger partial charge in [0.15, 0.2) is 0 Å². The summed E-state index contributed by atoms with van der Waals surface area (Å²) in [6, 6.07) is 9.01. The molecule has 0 bridgehead atoms. The molecular formula is C20H18FN3O2S2. The first-order chi connectivity index (χ1) is 13.1. The van der Waals surface area contributed by atoms with Crippen LogP contribution >= 0.6 is 11.3 Å². The molecular weight excluding hydrogens is 397 g/mol. The van der Waals surface area contributed by atoms with Crippen molar-refractivity contribution < 1.29 is 12.8 Å². The van der Waals surface area contributed by atoms with Crippen LogP contribution in [0.5, 0.6) is 0 Å². The average molecular weight is 416 g/mol. The van der Waals surface area contributed by atoms with Gasteiger partial charge in [-0.3, -0.25) is 5.41 Å². The number of nitrogens with zero attached hydrogens (tertiary/aromatic N) is 1. The van der Waals surface area contributed by atoms with E-state index in [1.807, 2.05) is 18.2 Å². The van der Waals surface area contributed by atoms with E-state index in [4.69, 9.17) is 5.41 Å². The van der Waals surface area contributed by atoms with Crippen molar-refractivity contribution in [3.63, 3.8) is 0 Å². The van der Waals surface area contributed by atoms with Crippen molar-refractivity contribution in [3.8, 4) is 11.8 Å². The summed E-state index contributed by atoms with van der Waals surface area (Å²) in [4.78, 5) is 0. The minimum Gasteiger partial charge on any atom is -0.345 e. The molecule has 0 aliphatic carbocycles. The minimum absolute atomic E-state index is 0.230. The van der Waals surface area contributed by atoms with Gasteiger partial charge in [-0.25, -0.2) is 17.1 Å². The number of fused-ring (bicyclic) bond motifs is 3. The molecule has 5 nitrogen and oxygen atoms in total. The van der Waals surface area contributed by atoms with Gasteiger partial charge < -0.3 is 5.32 Å². The molecule has 0 spiro atoms. The van der Waals surface area contributed by atoms with E-state index in [9.17, 15) is 8.42 Å². The van der Waals surface area contributed by atoms with Crippen molar-refractivity contribution in [2.75, 3.05) is 12.8 Å². The number of rotatable bonds is 1. The summed E-state index contributed by atoms with van der Waals surface area (Å²) < 4.78 is 42.6. The number of hydrogen-bond acceptors (Lipinski definition) is 4. The number of halogens is 1. The van der Waals surface area contributed by atoms with E-state index in [0.29, 0.717) is 0 Å². The smallest absolute Gasteiger partial charge is 0.239 e. The van der Waals surface area contributed by atoms with Crippen molar-refractivity contribution in [1.82, 2.24) is 9.62 Å². The van der Waals surface area contributed by atoms with Gasteiger partial charge in [0.05, 0.1) is 11.3 Å². The normalized spacial score (nSPS) is 21.4. The molecule has 0 unspecified atom stereocenters. The monoisotopic (exact) mass is 415 g/mol. The lowest BCUT2D eigenvalue weighted by molar-refractivity contribution is 0.403. The van der Waals surface area contributed by atoms with Crippen molar-refractivity contribution in [2.45, 2.75) is 19.4 Å². The fourth-order valence-electron chi connectivity index (χ4n) is 3.56. The summed E-state index contributed by atoms with van der Waals surface area (Å²) >= 11 is 1.48. The molecule has 2 aromatic carbocycles. The number of guanidine groups is 1. The van der Waals surface area contributed by atoms with E-state index >= 15 is 4.39 Å². The molecule has 0 radical (unpaired) electrons. The van der Waals surface area contributed by atoms with Crippen LogP contribution in [0.4, 0.5) is 4.39 Å². The van der Waals surface area contributed by atoms with Crippen molar-refractivity contribution in [3.05, 3.63) is 47.3 Å². The first-order valence-electron chi connectivity index (χ1n) is 8.57. The Balaban J connectivity index is 1.95. The molecule has 1 aromatic heterocycles. The molecule has 2 heterocycles. The molecule has 4 rings (SSSR count). The second-order valence-corrected chi connectivity index (χ2v) is 10.1. The Labute approximate surface area is 166 Å². The van der Waals surface area contributed by atoms with Gasteiger partial charge >= 0.3 is 0 Å². The van der Waals surface area contributed by atoms with Gasteiger partial charge in [0.2, 0.25) is 16.0 Å². The maximum absolute atomic E-state index is 15.0. The summed E-state index contributed by atoms with van der Waals surface area (Å²) in [5.41, 5.74) is -0.142. The zero-order chi connectivity index (χ0) is 20.3. The van der Waals surface area contributed by atoms with E-state index in [0.717, 1.165) is 30.0 Å². The van der Waals surface area contributed by atoms with Crippen LogP contribution in [0.15, 0.2) is 30.3 Å². The minimum atomic E-state index is -3.72. The first-order valence-corrected chi connectivity index (χ1v) is 11.0. The van der Waals surface area contributed by atoms with Gasteiger partial charge in [-0.05, 0) is 44.2 Å². The lowest BCUT2D eigenvalue weighted by atomic mass is 9.92. The highest BCUT2D eigenvalue weighted by Crippen LogP contribution is 2.39. The highest BCUT2D eigenvalue weighted by Gasteiger charge is 2.43. The van der Waals surface area contributed by atoms with Crippen molar-refractivity contribution in [1.29, 1.82) is 5.41 Å². The molecule has 144 valence electrons. The summed E-state index contributed by atoms with van der Waals surface area (Å²) in [6.07, 6.45) is 0. The summed E-state index contributed by atoms with van der Waals surface area (Å²) in [5, 5.41) is 12.6. The van der Waals surface area contributed by atoms with Crippen LogP contribution in [0, 0.1) is 23.1 Å². The quantitative estimate of drug-likeness (QED) is 0.597. The Morgan fingerprint density at radius 1 is 1.25 bits per heavy atom. The third-order valence-corrected chi connectivity index (χ3v) is 8.11. The summed E-state index contributed by atoms with van der Waals surface area (Å²) in [6.45, 7) is 3.38. The molecule has 3 aromatic rings. The van der Waals surface area contributed by atoms with E-state index in [1.54, 1.807) is 19.9 Å². The fraction of sp³-hybridized carbons (Fsp3) is 0.250. The van der Waals surface area contributed by atoms with E-state index in [1.165, 1.54) is 24.5 Å². The predicted octanol–water partition coefficient (Wildman–Crippen LogP) is 3.58. The second kappa shape index (κ2) is 6.19. The molecule has 1 saturated heterocycles. The van der Waals surface area contributed by atoms with E-state index in [-0.39, 0.29) is 17.3 Å². The van der Waals surface area contributed by atoms with Gasteiger partial charge in [-0.1, -0.05) is 5.92 Å². The third kappa shape index (κ3) is 2.82. The molecule has 1 fully saturated rings. The van der Waals surface area contributed by atoms with Crippen LogP contribution < -0.4 is 5.32 Å². The molecule has 1 atom stereocenters. The number of thiophene rings is 1. The van der Waals surface area contributed by atoms with Crippen LogP contribution in [-0.2, 0) is 15.6 Å². The third-order valence-electron chi connectivity index (χ3n) is 5.02. The number of nitrogens with one attached hydrogen (secondary N) is 2. The molecule has 1 aliphatic rings. The highest BCUT2D eigenvalue weighted by molar-refractivity contribution is 7.89. The Bertz CT molecular complexity index is 1320. The molecule has 0 amide bonds. The Hall–Kier alpha value is -2.63. The maximum atomic E-state index is 15.0. The van der Waals surface area contributed by atoms with Crippen molar-refractivity contribution in [2.24, 2.45) is 0 Å². The summed E-state index contributed by atoms with van der Waals surface area (Å²) in [5.74, 6) is 4.80. The first kappa shape index (κ1) is 18.7. The van der Waals surface area contributed by atoms with E-state index < -0.39 is 21.4 Å². The van der Waals surface area contributed by atoms with Crippen LogP contribution in [-0.4, -0.2) is 31.5 Å². The van der Waals surface area contributed by atoms with Gasteiger partial charge in [-0.2, -0.15) is 0 Å². The topological polar surface area (TPSA) is 73.3 Å². The molecule has 0 saturated carbocycles. The molecule has 28 heavy (non-hydrogen) atoms. The highest BCUT2D eigenvalue weighted by atomic mass is 32.2. The van der Waals surface area contributed by atoms with Crippen LogP contribution in [0.1, 0.15) is 25.0 Å².